The van der Waals surface area contributed by atoms with E-state index >= 15 is 0 Å². The van der Waals surface area contributed by atoms with Crippen molar-refractivity contribution >= 4 is 46.8 Å². The molecule has 3 aliphatic rings. The monoisotopic (exact) mass is 546 g/mol. The van der Waals surface area contributed by atoms with Crippen LogP contribution in [0.25, 0.3) is 0 Å². The van der Waals surface area contributed by atoms with Crippen molar-refractivity contribution in [2.75, 3.05) is 31.2 Å². The smallest absolute Gasteiger partial charge is 0.311 e. The zero-order chi connectivity index (χ0) is 26.8. The second-order valence-corrected chi connectivity index (χ2v) is 12.4. The number of aliphatic hydroxyl groups excluding tert-OH is 1. The first-order valence-electron chi connectivity index (χ1n) is 12.8. The average molecular weight is 547 g/mol. The summed E-state index contributed by atoms with van der Waals surface area (Å²) in [7, 11) is 0. The molecule has 5 atom stereocenters. The van der Waals surface area contributed by atoms with Crippen molar-refractivity contribution in [1.29, 1.82) is 0 Å². The third kappa shape index (κ3) is 4.72. The molecule has 7 nitrogen and oxygen atoms in total. The van der Waals surface area contributed by atoms with Gasteiger partial charge in [-0.3, -0.25) is 14.4 Å². The molecule has 0 radical (unpaired) electrons. The first-order valence-corrected chi connectivity index (χ1v) is 14.0. The Morgan fingerprint density at radius 3 is 2.70 bits per heavy atom. The summed E-state index contributed by atoms with van der Waals surface area (Å²) >= 11 is 8.08. The number of hydrogen-bond donors (Lipinski definition) is 1. The molecule has 3 heterocycles. The number of halogens is 1. The van der Waals surface area contributed by atoms with Gasteiger partial charge in [-0.2, -0.15) is 0 Å². The van der Waals surface area contributed by atoms with Gasteiger partial charge in [-0.05, 0) is 51.2 Å². The van der Waals surface area contributed by atoms with Gasteiger partial charge in [0, 0.05) is 24.4 Å². The number of benzene rings is 1. The van der Waals surface area contributed by atoms with Crippen LogP contribution in [-0.2, 0) is 19.1 Å². The summed E-state index contributed by atoms with van der Waals surface area (Å²) in [5, 5.41) is 9.98. The maximum Gasteiger partial charge on any atom is 0.311 e. The number of hydrogen-bond acceptors (Lipinski definition) is 6. The Balaban J connectivity index is 1.73. The predicted molar refractivity (Wildman–Crippen MR) is 147 cm³/mol. The fourth-order valence-corrected chi connectivity index (χ4v) is 8.87. The lowest BCUT2D eigenvalue weighted by Crippen LogP contribution is -2.55. The van der Waals surface area contributed by atoms with Gasteiger partial charge in [-0.25, -0.2) is 0 Å². The summed E-state index contributed by atoms with van der Waals surface area (Å²) in [5.74, 6) is -2.13. The van der Waals surface area contributed by atoms with E-state index in [0.717, 1.165) is 6.42 Å². The number of rotatable bonds is 12. The van der Waals surface area contributed by atoms with E-state index in [2.05, 4.69) is 13.2 Å². The fraction of sp³-hybridized carbons (Fsp3) is 0.536. The Morgan fingerprint density at radius 1 is 1.27 bits per heavy atom. The molecule has 1 aromatic carbocycles. The Labute approximate surface area is 227 Å². The van der Waals surface area contributed by atoms with E-state index < -0.39 is 27.4 Å². The Bertz CT molecular complexity index is 1080. The van der Waals surface area contributed by atoms with Gasteiger partial charge in [-0.1, -0.05) is 35.9 Å². The van der Waals surface area contributed by atoms with Gasteiger partial charge in [0.05, 0.1) is 33.9 Å². The van der Waals surface area contributed by atoms with Crippen LogP contribution in [0.2, 0.25) is 5.02 Å². The van der Waals surface area contributed by atoms with Crippen LogP contribution >= 0.6 is 23.4 Å². The van der Waals surface area contributed by atoms with Gasteiger partial charge in [0.1, 0.15) is 6.04 Å². The molecule has 37 heavy (non-hydrogen) atoms. The zero-order valence-electron chi connectivity index (χ0n) is 21.2. The van der Waals surface area contributed by atoms with E-state index in [0.29, 0.717) is 36.4 Å². The van der Waals surface area contributed by atoms with Crippen LogP contribution in [0, 0.1) is 11.8 Å². The molecule has 0 aliphatic carbocycles. The molecular weight excluding hydrogens is 512 g/mol. The molecule has 200 valence electrons. The highest BCUT2D eigenvalue weighted by atomic mass is 35.5. The van der Waals surface area contributed by atoms with E-state index in [4.69, 9.17) is 16.3 Å². The molecule has 2 unspecified atom stereocenters. The highest BCUT2D eigenvalue weighted by Crippen LogP contribution is 2.71. The molecular formula is C28H35ClN2O5S. The summed E-state index contributed by atoms with van der Waals surface area (Å²) in [5.41, 5.74) is 0.547. The number of carbonyl (C=O) groups is 3. The van der Waals surface area contributed by atoms with Crippen LogP contribution in [-0.4, -0.2) is 69.6 Å². The van der Waals surface area contributed by atoms with Crippen molar-refractivity contribution in [2.45, 2.75) is 54.6 Å². The maximum atomic E-state index is 14.4. The third-order valence-corrected chi connectivity index (χ3v) is 10.1. The molecule has 3 saturated heterocycles. The molecule has 2 amide bonds. The minimum absolute atomic E-state index is 0.108. The molecule has 3 fully saturated rings. The van der Waals surface area contributed by atoms with Crippen LogP contribution in [0.5, 0.6) is 0 Å². The molecule has 1 aromatic rings. The Kier molecular flexibility index (Phi) is 8.41. The Hall–Kier alpha value is -2.29. The van der Waals surface area contributed by atoms with Crippen molar-refractivity contribution in [2.24, 2.45) is 11.8 Å². The molecule has 1 spiro atoms. The number of unbranched alkanes of at least 4 members (excludes halogenated alkanes) is 1. The number of esters is 1. The number of thioether (sulfide) groups is 1. The zero-order valence-corrected chi connectivity index (χ0v) is 22.8. The fourth-order valence-electron chi connectivity index (χ4n) is 6.29. The number of anilines is 1. The molecule has 3 aliphatic heterocycles. The molecule has 0 saturated carbocycles. The van der Waals surface area contributed by atoms with Gasteiger partial charge in [0.25, 0.3) is 5.91 Å². The number of carbonyl (C=O) groups excluding carboxylic acids is 3. The van der Waals surface area contributed by atoms with Crippen LogP contribution in [0.3, 0.4) is 0 Å². The Morgan fingerprint density at radius 2 is 2.03 bits per heavy atom. The summed E-state index contributed by atoms with van der Waals surface area (Å²) in [4.78, 5) is 44.9. The number of ether oxygens (including phenoxy) is 1. The number of nitrogens with zero attached hydrogens (tertiary/aromatic N) is 2. The van der Waals surface area contributed by atoms with E-state index in [-0.39, 0.29) is 44.1 Å². The molecule has 2 bridgehead atoms. The van der Waals surface area contributed by atoms with Crippen LogP contribution in [0.1, 0.15) is 39.0 Å². The van der Waals surface area contributed by atoms with Crippen LogP contribution < -0.4 is 4.90 Å². The van der Waals surface area contributed by atoms with Crippen molar-refractivity contribution < 1.29 is 24.2 Å². The van der Waals surface area contributed by atoms with E-state index in [1.165, 1.54) is 0 Å². The second kappa shape index (κ2) is 11.2. The molecule has 4 rings (SSSR count). The lowest BCUT2D eigenvalue weighted by atomic mass is 9.66. The topological polar surface area (TPSA) is 87.1 Å². The second-order valence-electron chi connectivity index (χ2n) is 10.1. The first kappa shape index (κ1) is 27.7. The summed E-state index contributed by atoms with van der Waals surface area (Å²) < 4.78 is 4.39. The van der Waals surface area contributed by atoms with Gasteiger partial charge in [0.2, 0.25) is 5.91 Å². The minimum Gasteiger partial charge on any atom is -0.465 e. The van der Waals surface area contributed by atoms with E-state index in [1.807, 2.05) is 13.0 Å². The van der Waals surface area contributed by atoms with E-state index in [9.17, 15) is 19.5 Å². The third-order valence-electron chi connectivity index (χ3n) is 7.84. The number of fused-ring (bicyclic) bond motifs is 1. The number of allylic oxidation sites excluding steroid dienone is 1. The molecule has 9 heteroatoms. The van der Waals surface area contributed by atoms with Gasteiger partial charge < -0.3 is 19.6 Å². The first-order chi connectivity index (χ1) is 17.8. The van der Waals surface area contributed by atoms with Crippen LogP contribution in [0.15, 0.2) is 49.6 Å². The predicted octanol–water partition coefficient (Wildman–Crippen LogP) is 4.23. The normalized spacial score (nSPS) is 29.8. The number of aliphatic hydroxyl groups is 1. The standard InChI is InChI=1S/C28H35ClN2O5S/c1-4-6-9-18-36-26(35)22-21-24(33)31(16-10-17-32)23(28(21)14-13-27(22,3)37-28)25(34)30(15-5-2)20-12-8-7-11-19(20)29/h4-5,7-8,11-12,21-23,32H,1-2,6,9-10,13-18H2,3H3/t21-,22-,23?,27+,28?/m0/s1. The average Bonchev–Trinajstić information content (AvgIpc) is 3.44. The van der Waals surface area contributed by atoms with Gasteiger partial charge >= 0.3 is 5.97 Å². The summed E-state index contributed by atoms with van der Waals surface area (Å²) in [6.07, 6.45) is 6.51. The number of amides is 2. The number of para-hydroxylation sites is 1. The van der Waals surface area contributed by atoms with Gasteiger partial charge in [0.15, 0.2) is 0 Å². The van der Waals surface area contributed by atoms with Crippen molar-refractivity contribution in [3.63, 3.8) is 0 Å². The van der Waals surface area contributed by atoms with Crippen molar-refractivity contribution in [3.8, 4) is 0 Å². The number of likely N-dealkylation sites (tertiary alicyclic amines) is 1. The largest absolute Gasteiger partial charge is 0.465 e. The lowest BCUT2D eigenvalue weighted by Gasteiger charge is -2.37. The van der Waals surface area contributed by atoms with Crippen molar-refractivity contribution in [3.05, 3.63) is 54.6 Å². The highest BCUT2D eigenvalue weighted by molar-refractivity contribution is 8.02. The SMILES string of the molecule is C=CCCCOC(=O)[C@@H]1[C@H]2C(=O)N(CCCO)C(C(=O)N(CC=C)c3ccccc3Cl)C23CC[C@@]1(C)S3. The van der Waals surface area contributed by atoms with Crippen molar-refractivity contribution in [1.82, 2.24) is 4.90 Å². The highest BCUT2D eigenvalue weighted by Gasteiger charge is 2.77. The maximum absolute atomic E-state index is 14.4. The van der Waals surface area contributed by atoms with Crippen LogP contribution in [0.4, 0.5) is 5.69 Å². The lowest BCUT2D eigenvalue weighted by molar-refractivity contribution is -0.155. The summed E-state index contributed by atoms with van der Waals surface area (Å²) in [6, 6.07) is 6.31. The minimum atomic E-state index is -0.793. The summed E-state index contributed by atoms with van der Waals surface area (Å²) in [6.45, 7) is 10.2. The molecule has 1 N–H and O–H groups in total. The quantitative estimate of drug-likeness (QED) is 0.240. The van der Waals surface area contributed by atoms with E-state index in [1.54, 1.807) is 51.9 Å². The molecule has 0 aromatic heterocycles. The van der Waals surface area contributed by atoms with Gasteiger partial charge in [-0.15, -0.1) is 24.9 Å².